The van der Waals surface area contributed by atoms with E-state index >= 15 is 0 Å². The summed E-state index contributed by atoms with van der Waals surface area (Å²) in [4.78, 5) is 9.30. The van der Waals surface area contributed by atoms with E-state index in [2.05, 4.69) is 60.6 Å². The fraction of sp³-hybridized carbons (Fsp3) is 0.0714. The third-order valence-corrected chi connectivity index (χ3v) is 5.37. The average molecular weight is 389 g/mol. The van der Waals surface area contributed by atoms with Crippen LogP contribution in [0, 0.1) is 0 Å². The molecule has 0 aliphatic heterocycles. The maximum atomic E-state index is 4.92. The molecule has 0 radical (unpaired) electrons. The van der Waals surface area contributed by atoms with Gasteiger partial charge in [-0.05, 0) is 63.9 Å². The van der Waals surface area contributed by atoms with E-state index in [1.807, 2.05) is 49.4 Å². The molecule has 0 saturated heterocycles. The van der Waals surface area contributed by atoms with Crippen molar-refractivity contribution in [2.24, 2.45) is 4.99 Å². The number of hydrogen-bond donors (Lipinski definition) is 0. The fourth-order valence-corrected chi connectivity index (χ4v) is 4.03. The first-order chi connectivity index (χ1) is 14.7. The van der Waals surface area contributed by atoms with Crippen molar-refractivity contribution < 1.29 is 0 Å². The smallest absolute Gasteiger partial charge is 0.0888 e. The summed E-state index contributed by atoms with van der Waals surface area (Å²) in [6, 6.07) is 21.0. The molecule has 1 heterocycles. The summed E-state index contributed by atoms with van der Waals surface area (Å²) in [6.45, 7) is 10.2. The Balaban J connectivity index is 2.05. The number of hydrogen-bond acceptors (Lipinski definition) is 2. The molecule has 2 nitrogen and oxygen atoms in total. The first-order valence-corrected chi connectivity index (χ1v) is 10.0. The van der Waals surface area contributed by atoms with Crippen LogP contribution in [0.25, 0.3) is 45.0 Å². The Hall–Kier alpha value is -3.78. The molecule has 0 unspecified atom stereocenters. The molecule has 0 aliphatic rings. The number of benzene rings is 3. The predicted octanol–water partition coefficient (Wildman–Crippen LogP) is 7.34. The van der Waals surface area contributed by atoms with Crippen LogP contribution in [-0.4, -0.2) is 17.7 Å². The lowest BCUT2D eigenvalue weighted by Gasteiger charge is -2.16. The average Bonchev–Trinajstić information content (AvgIpc) is 2.81. The molecule has 0 atom stereocenters. The van der Waals surface area contributed by atoms with Gasteiger partial charge in [0.2, 0.25) is 0 Å². The monoisotopic (exact) mass is 388 g/mol. The first kappa shape index (κ1) is 19.5. The molecule has 0 N–H and O–H groups in total. The summed E-state index contributed by atoms with van der Waals surface area (Å²) < 4.78 is 0. The van der Waals surface area contributed by atoms with Gasteiger partial charge in [0.1, 0.15) is 0 Å². The Morgan fingerprint density at radius 3 is 2.40 bits per heavy atom. The van der Waals surface area contributed by atoms with Crippen molar-refractivity contribution >= 4 is 39.4 Å². The van der Waals surface area contributed by atoms with Gasteiger partial charge in [0.15, 0.2) is 0 Å². The van der Waals surface area contributed by atoms with Gasteiger partial charge >= 0.3 is 0 Å². The van der Waals surface area contributed by atoms with E-state index in [1.54, 1.807) is 7.05 Å². The maximum absolute atomic E-state index is 4.92. The Morgan fingerprint density at radius 2 is 1.67 bits per heavy atom. The largest absolute Gasteiger partial charge is 0.286 e. The van der Waals surface area contributed by atoms with E-state index in [0.29, 0.717) is 0 Å². The van der Waals surface area contributed by atoms with Gasteiger partial charge in [-0.25, -0.2) is 4.98 Å². The molecule has 4 rings (SSSR count). The van der Waals surface area contributed by atoms with Crippen molar-refractivity contribution in [2.75, 3.05) is 7.05 Å². The highest BCUT2D eigenvalue weighted by Gasteiger charge is 2.15. The number of allylic oxidation sites excluding steroid dienone is 2. The summed E-state index contributed by atoms with van der Waals surface area (Å²) in [6.07, 6.45) is 7.78. The van der Waals surface area contributed by atoms with Crippen molar-refractivity contribution in [3.05, 3.63) is 103 Å². The second-order valence-corrected chi connectivity index (χ2v) is 7.06. The molecule has 2 heteroatoms. The second kappa shape index (κ2) is 8.30. The Bertz CT molecular complexity index is 1340. The summed E-state index contributed by atoms with van der Waals surface area (Å²) >= 11 is 0. The van der Waals surface area contributed by atoms with Gasteiger partial charge in [0.05, 0.1) is 17.1 Å². The number of nitrogens with zero attached hydrogens (tertiary/aromatic N) is 2. The van der Waals surface area contributed by atoms with Crippen LogP contribution >= 0.6 is 0 Å². The van der Waals surface area contributed by atoms with Gasteiger partial charge in [-0.3, -0.25) is 4.99 Å². The number of rotatable bonds is 5. The van der Waals surface area contributed by atoms with Crippen LogP contribution in [0.1, 0.15) is 23.7 Å². The zero-order valence-corrected chi connectivity index (χ0v) is 17.4. The molecule has 0 bridgehead atoms. The van der Waals surface area contributed by atoms with Gasteiger partial charge in [0, 0.05) is 12.6 Å². The quantitative estimate of drug-likeness (QED) is 0.259. The normalized spacial score (nSPS) is 12.0. The Labute approximate surface area is 177 Å². The lowest BCUT2D eigenvalue weighted by molar-refractivity contribution is 1.28. The van der Waals surface area contributed by atoms with Crippen molar-refractivity contribution in [3.8, 4) is 11.3 Å². The van der Waals surface area contributed by atoms with Crippen LogP contribution < -0.4 is 0 Å². The van der Waals surface area contributed by atoms with E-state index in [0.717, 1.165) is 39.2 Å². The minimum absolute atomic E-state index is 0.849. The highest BCUT2D eigenvalue weighted by molar-refractivity contribution is 6.14. The molecule has 146 valence electrons. The number of aliphatic imine (C=N–C) groups is 1. The molecule has 3 aromatic carbocycles. The second-order valence-electron chi connectivity index (χ2n) is 7.06. The molecular weight excluding hydrogens is 364 g/mol. The molecule has 1 aromatic heterocycles. The SMILES string of the molecule is C=Cc1c(-c2cccc(C(/C=C\C)=NC)n2)cc2ccc3ccccc3c2c1C=C. The minimum atomic E-state index is 0.849. The highest BCUT2D eigenvalue weighted by Crippen LogP contribution is 2.37. The van der Waals surface area contributed by atoms with E-state index in [4.69, 9.17) is 4.98 Å². The van der Waals surface area contributed by atoms with Crippen molar-refractivity contribution in [3.63, 3.8) is 0 Å². The molecule has 0 aliphatic carbocycles. The van der Waals surface area contributed by atoms with E-state index in [1.165, 1.54) is 16.2 Å². The predicted molar refractivity (Wildman–Crippen MR) is 132 cm³/mol. The van der Waals surface area contributed by atoms with Crippen LogP contribution in [0.3, 0.4) is 0 Å². The zero-order chi connectivity index (χ0) is 21.1. The number of aromatic nitrogens is 1. The molecule has 0 amide bonds. The number of pyridine rings is 1. The lowest BCUT2D eigenvalue weighted by atomic mass is 9.89. The van der Waals surface area contributed by atoms with Gasteiger partial charge < -0.3 is 0 Å². The van der Waals surface area contributed by atoms with Crippen LogP contribution in [0.4, 0.5) is 0 Å². The van der Waals surface area contributed by atoms with Crippen molar-refractivity contribution in [1.82, 2.24) is 4.98 Å². The highest BCUT2D eigenvalue weighted by atomic mass is 14.8. The van der Waals surface area contributed by atoms with Crippen LogP contribution in [0.2, 0.25) is 0 Å². The Kier molecular flexibility index (Phi) is 5.40. The molecular formula is C28H24N2. The third kappa shape index (κ3) is 3.27. The molecule has 0 spiro atoms. The Morgan fingerprint density at radius 1 is 0.900 bits per heavy atom. The minimum Gasteiger partial charge on any atom is -0.286 e. The molecule has 4 aromatic rings. The van der Waals surface area contributed by atoms with Gasteiger partial charge in [-0.15, -0.1) is 0 Å². The first-order valence-electron chi connectivity index (χ1n) is 10.0. The molecule has 30 heavy (non-hydrogen) atoms. The van der Waals surface area contributed by atoms with Crippen molar-refractivity contribution in [1.29, 1.82) is 0 Å². The maximum Gasteiger partial charge on any atom is 0.0888 e. The van der Waals surface area contributed by atoms with E-state index in [-0.39, 0.29) is 0 Å². The number of fused-ring (bicyclic) bond motifs is 3. The van der Waals surface area contributed by atoms with Gasteiger partial charge in [0.25, 0.3) is 0 Å². The topological polar surface area (TPSA) is 25.2 Å². The zero-order valence-electron chi connectivity index (χ0n) is 17.4. The van der Waals surface area contributed by atoms with E-state index < -0.39 is 0 Å². The lowest BCUT2D eigenvalue weighted by Crippen LogP contribution is -2.02. The molecule has 0 fully saturated rings. The van der Waals surface area contributed by atoms with Crippen molar-refractivity contribution in [2.45, 2.75) is 6.92 Å². The summed E-state index contributed by atoms with van der Waals surface area (Å²) in [5.41, 5.74) is 5.77. The third-order valence-electron chi connectivity index (χ3n) is 5.37. The summed E-state index contributed by atoms with van der Waals surface area (Å²) in [7, 11) is 1.79. The van der Waals surface area contributed by atoms with Crippen LogP contribution in [-0.2, 0) is 0 Å². The summed E-state index contributed by atoms with van der Waals surface area (Å²) in [5.74, 6) is 0. The van der Waals surface area contributed by atoms with Gasteiger partial charge in [-0.1, -0.05) is 73.9 Å². The fourth-order valence-electron chi connectivity index (χ4n) is 4.03. The molecule has 0 saturated carbocycles. The summed E-state index contributed by atoms with van der Waals surface area (Å²) in [5, 5.41) is 4.79. The standard InChI is InChI=1S/C28H24N2/c1-5-11-26(29-4)27-15-10-14-25(30-27)24-18-20-17-16-19-12-8-9-13-23(19)28(20)22(7-3)21(24)6-2/h5-18H,2-3H2,1,4H3/b11-5-,29-26?. The van der Waals surface area contributed by atoms with Gasteiger partial charge in [-0.2, -0.15) is 0 Å². The van der Waals surface area contributed by atoms with Crippen LogP contribution in [0.5, 0.6) is 0 Å². The van der Waals surface area contributed by atoms with Crippen LogP contribution in [0.15, 0.2) is 91.0 Å². The van der Waals surface area contributed by atoms with E-state index in [9.17, 15) is 0 Å².